The Labute approximate surface area is 105 Å². The maximum atomic E-state index is 5.65. The third-order valence-corrected chi connectivity index (χ3v) is 2.55. The van der Waals surface area contributed by atoms with Gasteiger partial charge in [0.2, 0.25) is 5.88 Å². The molecule has 0 fully saturated rings. The van der Waals surface area contributed by atoms with Gasteiger partial charge in [0.05, 0.1) is 5.69 Å². The zero-order valence-corrected chi connectivity index (χ0v) is 9.73. The summed E-state index contributed by atoms with van der Waals surface area (Å²) >= 11 is 0. The lowest BCUT2D eigenvalue weighted by atomic mass is 10.3. The summed E-state index contributed by atoms with van der Waals surface area (Å²) in [5.74, 6) is 1.38. The number of ether oxygens (including phenoxy) is 1. The van der Waals surface area contributed by atoms with Crippen molar-refractivity contribution in [1.29, 1.82) is 0 Å². The normalized spacial score (nSPS) is 10.2. The third kappa shape index (κ3) is 2.25. The minimum absolute atomic E-state index is 0.588. The number of benzene rings is 2. The lowest BCUT2D eigenvalue weighted by molar-refractivity contribution is 0.457. The number of aromatic nitrogens is 2. The van der Waals surface area contributed by atoms with Crippen molar-refractivity contribution in [2.45, 2.75) is 0 Å². The molecule has 18 heavy (non-hydrogen) atoms. The molecule has 3 rings (SSSR count). The molecule has 0 aliphatic heterocycles. The summed E-state index contributed by atoms with van der Waals surface area (Å²) in [7, 11) is 0. The maximum Gasteiger partial charge on any atom is 0.238 e. The van der Waals surface area contributed by atoms with Crippen LogP contribution in [0.15, 0.2) is 72.9 Å². The maximum absolute atomic E-state index is 5.65. The first-order valence-corrected chi connectivity index (χ1v) is 5.76. The van der Waals surface area contributed by atoms with Crippen molar-refractivity contribution in [3.8, 4) is 17.3 Å². The Hall–Kier alpha value is -2.55. The van der Waals surface area contributed by atoms with Crippen molar-refractivity contribution < 1.29 is 4.74 Å². The molecule has 0 radical (unpaired) electrons. The van der Waals surface area contributed by atoms with E-state index in [-0.39, 0.29) is 0 Å². The summed E-state index contributed by atoms with van der Waals surface area (Å²) in [6.07, 6.45) is 1.88. The molecule has 0 amide bonds. The fourth-order valence-electron chi connectivity index (χ4n) is 1.70. The van der Waals surface area contributed by atoms with Gasteiger partial charge in [-0.05, 0) is 24.3 Å². The molecule has 1 aromatic heterocycles. The van der Waals surface area contributed by atoms with Gasteiger partial charge in [0.1, 0.15) is 5.75 Å². The van der Waals surface area contributed by atoms with Crippen molar-refractivity contribution in [2.75, 3.05) is 0 Å². The van der Waals surface area contributed by atoms with Gasteiger partial charge in [0.15, 0.2) is 0 Å². The molecule has 0 spiro atoms. The molecule has 0 bridgehead atoms. The monoisotopic (exact) mass is 236 g/mol. The fourth-order valence-corrected chi connectivity index (χ4v) is 1.70. The summed E-state index contributed by atoms with van der Waals surface area (Å²) in [5, 5.41) is 4.37. The summed E-state index contributed by atoms with van der Waals surface area (Å²) < 4.78 is 7.44. The van der Waals surface area contributed by atoms with Crippen LogP contribution in [0.1, 0.15) is 0 Å². The van der Waals surface area contributed by atoms with Crippen molar-refractivity contribution in [2.24, 2.45) is 0 Å². The molecule has 88 valence electrons. The van der Waals surface area contributed by atoms with Gasteiger partial charge in [-0.25, -0.2) is 4.68 Å². The van der Waals surface area contributed by atoms with Gasteiger partial charge in [-0.3, -0.25) is 0 Å². The molecule has 2 aromatic carbocycles. The largest absolute Gasteiger partial charge is 0.438 e. The predicted molar refractivity (Wildman–Crippen MR) is 70.1 cm³/mol. The minimum Gasteiger partial charge on any atom is -0.438 e. The molecular weight excluding hydrogens is 224 g/mol. The lowest BCUT2D eigenvalue weighted by Crippen LogP contribution is -1.94. The number of nitrogens with zero attached hydrogens (tertiary/aromatic N) is 2. The second kappa shape index (κ2) is 4.75. The van der Waals surface area contributed by atoms with Crippen LogP contribution in [0.2, 0.25) is 0 Å². The van der Waals surface area contributed by atoms with E-state index in [1.807, 2.05) is 72.9 Å². The molecule has 0 N–H and O–H groups in total. The van der Waals surface area contributed by atoms with Crippen LogP contribution in [0.3, 0.4) is 0 Å². The highest BCUT2D eigenvalue weighted by Gasteiger charge is 2.02. The number of para-hydroxylation sites is 2. The summed E-state index contributed by atoms with van der Waals surface area (Å²) in [6, 6.07) is 21.4. The Kier molecular flexibility index (Phi) is 2.80. The van der Waals surface area contributed by atoms with Gasteiger partial charge >= 0.3 is 0 Å². The SMILES string of the molecule is c1ccc(Oc2ccn(-c3ccccc3)n2)cc1. The first-order valence-electron chi connectivity index (χ1n) is 5.76. The topological polar surface area (TPSA) is 27.1 Å². The van der Waals surface area contributed by atoms with Crippen molar-refractivity contribution in [1.82, 2.24) is 9.78 Å². The number of hydrogen-bond donors (Lipinski definition) is 0. The summed E-state index contributed by atoms with van der Waals surface area (Å²) in [5.41, 5.74) is 1.01. The highest BCUT2D eigenvalue weighted by molar-refractivity contribution is 5.32. The average Bonchev–Trinajstić information content (AvgIpc) is 2.89. The second-order valence-electron chi connectivity index (χ2n) is 3.85. The van der Waals surface area contributed by atoms with Crippen LogP contribution in [-0.2, 0) is 0 Å². The van der Waals surface area contributed by atoms with E-state index < -0.39 is 0 Å². The average molecular weight is 236 g/mol. The van der Waals surface area contributed by atoms with Crippen molar-refractivity contribution >= 4 is 0 Å². The van der Waals surface area contributed by atoms with Crippen molar-refractivity contribution in [3.63, 3.8) is 0 Å². The van der Waals surface area contributed by atoms with Gasteiger partial charge in [-0.1, -0.05) is 36.4 Å². The van der Waals surface area contributed by atoms with E-state index in [2.05, 4.69) is 5.10 Å². The molecule has 3 heteroatoms. The van der Waals surface area contributed by atoms with Crippen LogP contribution < -0.4 is 4.74 Å². The first kappa shape index (κ1) is 10.6. The van der Waals surface area contributed by atoms with Gasteiger partial charge in [0, 0.05) is 12.3 Å². The molecule has 1 heterocycles. The predicted octanol–water partition coefficient (Wildman–Crippen LogP) is 3.66. The molecule has 3 aromatic rings. The Balaban J connectivity index is 1.82. The highest BCUT2D eigenvalue weighted by Crippen LogP contribution is 2.19. The Morgan fingerprint density at radius 2 is 1.44 bits per heavy atom. The van der Waals surface area contributed by atoms with Crippen molar-refractivity contribution in [3.05, 3.63) is 72.9 Å². The molecule has 0 saturated carbocycles. The fraction of sp³-hybridized carbons (Fsp3) is 0. The van der Waals surface area contributed by atoms with Gasteiger partial charge in [-0.15, -0.1) is 5.10 Å². The molecule has 3 nitrogen and oxygen atoms in total. The second-order valence-corrected chi connectivity index (χ2v) is 3.85. The van der Waals surface area contributed by atoms with Gasteiger partial charge in [0.25, 0.3) is 0 Å². The van der Waals surface area contributed by atoms with E-state index in [9.17, 15) is 0 Å². The Morgan fingerprint density at radius 3 is 2.17 bits per heavy atom. The number of hydrogen-bond acceptors (Lipinski definition) is 2. The van der Waals surface area contributed by atoms with E-state index >= 15 is 0 Å². The van der Waals surface area contributed by atoms with E-state index in [1.165, 1.54) is 0 Å². The van der Waals surface area contributed by atoms with Crippen LogP contribution >= 0.6 is 0 Å². The molecule has 0 atom stereocenters. The van der Waals surface area contributed by atoms with E-state index in [0.717, 1.165) is 11.4 Å². The lowest BCUT2D eigenvalue weighted by Gasteiger charge is -2.01. The summed E-state index contributed by atoms with van der Waals surface area (Å²) in [4.78, 5) is 0. The Bertz CT molecular complexity index is 617. The van der Waals surface area contributed by atoms with Crippen LogP contribution in [0.5, 0.6) is 11.6 Å². The third-order valence-electron chi connectivity index (χ3n) is 2.55. The van der Waals surface area contributed by atoms with Crippen LogP contribution in [0.4, 0.5) is 0 Å². The molecule has 0 aliphatic rings. The van der Waals surface area contributed by atoms with Crippen LogP contribution in [0, 0.1) is 0 Å². The molecule has 0 saturated heterocycles. The summed E-state index contributed by atoms with van der Waals surface area (Å²) in [6.45, 7) is 0. The zero-order valence-electron chi connectivity index (χ0n) is 9.73. The Morgan fingerprint density at radius 1 is 0.778 bits per heavy atom. The smallest absolute Gasteiger partial charge is 0.238 e. The van der Waals surface area contributed by atoms with E-state index in [0.29, 0.717) is 5.88 Å². The highest BCUT2D eigenvalue weighted by atomic mass is 16.5. The first-order chi connectivity index (χ1) is 8.92. The standard InChI is InChI=1S/C15H12N2O/c1-3-7-13(8-4-1)17-12-11-15(16-17)18-14-9-5-2-6-10-14/h1-12H. The zero-order chi connectivity index (χ0) is 12.2. The van der Waals surface area contributed by atoms with Gasteiger partial charge in [-0.2, -0.15) is 0 Å². The van der Waals surface area contributed by atoms with E-state index in [1.54, 1.807) is 4.68 Å². The molecule has 0 aliphatic carbocycles. The van der Waals surface area contributed by atoms with E-state index in [4.69, 9.17) is 4.74 Å². The van der Waals surface area contributed by atoms with Crippen LogP contribution in [0.25, 0.3) is 5.69 Å². The number of rotatable bonds is 3. The molecule has 0 unspecified atom stereocenters. The quantitative estimate of drug-likeness (QED) is 0.693. The van der Waals surface area contributed by atoms with Crippen LogP contribution in [-0.4, -0.2) is 9.78 Å². The minimum atomic E-state index is 0.588. The van der Waals surface area contributed by atoms with Gasteiger partial charge < -0.3 is 4.74 Å². The molecular formula is C15H12N2O.